The highest BCUT2D eigenvalue weighted by atomic mass is 19.1. The summed E-state index contributed by atoms with van der Waals surface area (Å²) in [5, 5.41) is 0. The first kappa shape index (κ1) is 6.71. The minimum atomic E-state index is -0.155. The number of hydrogen-bond donors (Lipinski definition) is 0. The quantitative estimate of drug-likeness (QED) is 0.567. The molecule has 56 valence electrons. The normalized spacial score (nSPS) is 16.5. The van der Waals surface area contributed by atoms with E-state index in [2.05, 4.69) is 6.42 Å². The highest BCUT2D eigenvalue weighted by Gasteiger charge is 2.26. The Morgan fingerprint density at radius 2 is 1.82 bits per heavy atom. The van der Waals surface area contributed by atoms with Crippen LogP contribution in [0.25, 0.3) is 0 Å². The maximum atomic E-state index is 12.4. The molecule has 0 heterocycles. The van der Waals surface area contributed by atoms with E-state index in [1.807, 2.05) is 12.1 Å². The Morgan fingerprint density at radius 1 is 1.18 bits per heavy atom. The second-order valence-electron chi connectivity index (χ2n) is 3.06. The van der Waals surface area contributed by atoms with Gasteiger partial charge in [0.2, 0.25) is 0 Å². The smallest absolute Gasteiger partial charge is 0.149 e. The zero-order valence-corrected chi connectivity index (χ0v) is 6.26. The van der Waals surface area contributed by atoms with Crippen LogP contribution in [-0.2, 0) is 0 Å². The van der Waals surface area contributed by atoms with Crippen LogP contribution in [-0.4, -0.2) is 0 Å². The number of hydrogen-bond acceptors (Lipinski definition) is 0. The summed E-state index contributed by atoms with van der Waals surface area (Å²) < 4.78 is 12.4. The summed E-state index contributed by atoms with van der Waals surface area (Å²) in [7, 11) is 0. The van der Waals surface area contributed by atoms with Crippen LogP contribution in [0.5, 0.6) is 0 Å². The molecule has 1 saturated carbocycles. The van der Waals surface area contributed by atoms with Gasteiger partial charge in [-0.15, -0.1) is 0 Å². The molecule has 0 radical (unpaired) electrons. The minimum absolute atomic E-state index is 0.155. The van der Waals surface area contributed by atoms with Crippen molar-refractivity contribution in [1.82, 2.24) is 0 Å². The molecule has 11 heavy (non-hydrogen) atoms. The van der Waals surface area contributed by atoms with Gasteiger partial charge in [0.15, 0.2) is 0 Å². The van der Waals surface area contributed by atoms with Gasteiger partial charge in [-0.1, -0.05) is 0 Å². The molecule has 1 aliphatic carbocycles. The molecule has 0 N–H and O–H groups in total. The minimum Gasteiger partial charge on any atom is -0.204 e. The molecule has 2 rings (SSSR count). The van der Waals surface area contributed by atoms with Gasteiger partial charge in [-0.3, -0.25) is 0 Å². The van der Waals surface area contributed by atoms with Gasteiger partial charge in [-0.2, -0.15) is 0 Å². The summed E-state index contributed by atoms with van der Waals surface area (Å²) in [6.07, 6.45) is 4.81. The first-order valence-corrected chi connectivity index (χ1v) is 3.95. The van der Waals surface area contributed by atoms with Gasteiger partial charge in [-0.05, 0) is 12.8 Å². The molecule has 0 unspecified atom stereocenters. The van der Waals surface area contributed by atoms with Crippen molar-refractivity contribution in [1.29, 1.82) is 0 Å². The van der Waals surface area contributed by atoms with E-state index in [0.29, 0.717) is 0 Å². The summed E-state index contributed by atoms with van der Waals surface area (Å²) in [6.45, 7) is 0. The van der Waals surface area contributed by atoms with Gasteiger partial charge in [0.05, 0.1) is 0 Å². The van der Waals surface area contributed by atoms with Crippen LogP contribution in [0.1, 0.15) is 18.4 Å². The Morgan fingerprint density at radius 3 is 2.36 bits per heavy atom. The molecule has 1 aromatic rings. The van der Waals surface area contributed by atoms with Crippen LogP contribution in [0.3, 0.4) is 0 Å². The Labute approximate surface area is 66.1 Å². The lowest BCUT2D eigenvalue weighted by Crippen LogP contribution is -1.83. The largest absolute Gasteiger partial charge is 0.204 e. The fourth-order valence-corrected chi connectivity index (χ4v) is 1.11. The molecular formula is C10H10F+. The third kappa shape index (κ3) is 1.73. The summed E-state index contributed by atoms with van der Waals surface area (Å²) in [4.78, 5) is 0. The predicted octanol–water partition coefficient (Wildman–Crippen LogP) is 2.79. The first-order valence-electron chi connectivity index (χ1n) is 3.95. The SMILES string of the molecule is Fc1ccc([CH+]C2CC2)cc1. The molecule has 0 atom stereocenters. The lowest BCUT2D eigenvalue weighted by molar-refractivity contribution is 0.627. The van der Waals surface area contributed by atoms with E-state index in [1.165, 1.54) is 25.0 Å². The molecule has 0 nitrogen and oxygen atoms in total. The van der Waals surface area contributed by atoms with E-state index in [1.54, 1.807) is 0 Å². The van der Waals surface area contributed by atoms with Crippen molar-refractivity contribution in [3.63, 3.8) is 0 Å². The first-order chi connectivity index (χ1) is 5.34. The zero-order chi connectivity index (χ0) is 7.68. The summed E-state index contributed by atoms with van der Waals surface area (Å²) >= 11 is 0. The van der Waals surface area contributed by atoms with Crippen molar-refractivity contribution in [3.8, 4) is 0 Å². The zero-order valence-electron chi connectivity index (χ0n) is 6.26. The Kier molecular flexibility index (Phi) is 1.57. The fourth-order valence-electron chi connectivity index (χ4n) is 1.11. The van der Waals surface area contributed by atoms with Crippen molar-refractivity contribution < 1.29 is 4.39 Å². The van der Waals surface area contributed by atoms with Gasteiger partial charge in [0.25, 0.3) is 0 Å². The standard InChI is InChI=1S/C10H10F/c11-10-5-3-9(4-6-10)7-8-1-2-8/h3-8H,1-2H2/q+1. The maximum absolute atomic E-state index is 12.4. The fraction of sp³-hybridized carbons (Fsp3) is 0.300. The van der Waals surface area contributed by atoms with Crippen molar-refractivity contribution in [2.24, 2.45) is 5.92 Å². The molecule has 1 heteroatoms. The highest BCUT2D eigenvalue weighted by Crippen LogP contribution is 2.34. The van der Waals surface area contributed by atoms with Gasteiger partial charge in [0.1, 0.15) is 11.4 Å². The topological polar surface area (TPSA) is 0 Å². The van der Waals surface area contributed by atoms with Crippen LogP contribution in [0, 0.1) is 18.2 Å². The van der Waals surface area contributed by atoms with Gasteiger partial charge in [-0.25, -0.2) is 4.39 Å². The Balaban J connectivity index is 2.06. The number of rotatable bonds is 2. The van der Waals surface area contributed by atoms with Crippen LogP contribution in [0.2, 0.25) is 0 Å². The number of benzene rings is 1. The molecular weight excluding hydrogens is 139 g/mol. The van der Waals surface area contributed by atoms with Crippen LogP contribution in [0.15, 0.2) is 24.3 Å². The van der Waals surface area contributed by atoms with Gasteiger partial charge in [0, 0.05) is 36.6 Å². The number of halogens is 1. The summed E-state index contributed by atoms with van der Waals surface area (Å²) in [5.74, 6) is 0.610. The van der Waals surface area contributed by atoms with Crippen LogP contribution >= 0.6 is 0 Å². The van der Waals surface area contributed by atoms with E-state index in [9.17, 15) is 4.39 Å². The van der Waals surface area contributed by atoms with Gasteiger partial charge < -0.3 is 0 Å². The average molecular weight is 149 g/mol. The van der Waals surface area contributed by atoms with Crippen molar-refractivity contribution >= 4 is 0 Å². The van der Waals surface area contributed by atoms with Crippen LogP contribution < -0.4 is 0 Å². The molecule has 0 bridgehead atoms. The average Bonchev–Trinajstić information content (AvgIpc) is 2.78. The molecule has 0 aromatic heterocycles. The van der Waals surface area contributed by atoms with Crippen molar-refractivity contribution in [2.45, 2.75) is 12.8 Å². The van der Waals surface area contributed by atoms with E-state index in [4.69, 9.17) is 0 Å². The molecule has 0 saturated heterocycles. The molecule has 0 spiro atoms. The van der Waals surface area contributed by atoms with Crippen molar-refractivity contribution in [3.05, 3.63) is 42.1 Å². The lowest BCUT2D eigenvalue weighted by atomic mass is 10.1. The van der Waals surface area contributed by atoms with Gasteiger partial charge >= 0.3 is 0 Å². The predicted molar refractivity (Wildman–Crippen MR) is 42.5 cm³/mol. The second-order valence-corrected chi connectivity index (χ2v) is 3.06. The molecule has 0 amide bonds. The lowest BCUT2D eigenvalue weighted by Gasteiger charge is -1.88. The monoisotopic (exact) mass is 149 g/mol. The Hall–Kier alpha value is -0.980. The van der Waals surface area contributed by atoms with E-state index in [0.717, 1.165) is 11.5 Å². The maximum Gasteiger partial charge on any atom is 0.149 e. The third-order valence-electron chi connectivity index (χ3n) is 1.92. The Bertz CT molecular complexity index is 234. The van der Waals surface area contributed by atoms with Crippen LogP contribution in [0.4, 0.5) is 4.39 Å². The van der Waals surface area contributed by atoms with E-state index < -0.39 is 0 Å². The summed E-state index contributed by atoms with van der Waals surface area (Å²) in [5.41, 5.74) is 1.15. The highest BCUT2D eigenvalue weighted by molar-refractivity contribution is 5.25. The molecule has 0 aliphatic heterocycles. The molecule has 1 aliphatic rings. The molecule has 1 fully saturated rings. The second kappa shape index (κ2) is 2.57. The summed E-state index contributed by atoms with van der Waals surface area (Å²) in [6, 6.07) is 6.67. The van der Waals surface area contributed by atoms with E-state index in [-0.39, 0.29) is 5.82 Å². The van der Waals surface area contributed by atoms with Crippen molar-refractivity contribution in [2.75, 3.05) is 0 Å². The molecule has 1 aromatic carbocycles. The third-order valence-corrected chi connectivity index (χ3v) is 1.92. The van der Waals surface area contributed by atoms with E-state index >= 15 is 0 Å².